The Morgan fingerprint density at radius 3 is 2.95 bits per heavy atom. The number of amides is 1. The third-order valence-corrected chi connectivity index (χ3v) is 5.32. The molecule has 0 radical (unpaired) electrons. The van der Waals surface area contributed by atoms with Gasteiger partial charge in [0.05, 0.1) is 5.56 Å². The van der Waals surface area contributed by atoms with Crippen molar-refractivity contribution in [2.24, 2.45) is 17.6 Å². The highest BCUT2D eigenvalue weighted by Gasteiger charge is 2.42. The summed E-state index contributed by atoms with van der Waals surface area (Å²) in [7, 11) is 0. The molecule has 0 spiro atoms. The quantitative estimate of drug-likeness (QED) is 0.920. The molecule has 2 N–H and O–H groups in total. The molecule has 2 atom stereocenters. The minimum absolute atomic E-state index is 0.178. The molecular weight excluding hydrogens is 256 g/mol. The first kappa shape index (κ1) is 13.1. The van der Waals surface area contributed by atoms with E-state index in [1.165, 1.54) is 17.7 Å². The molecular formula is C15H22N2OS. The fourth-order valence-corrected chi connectivity index (χ4v) is 4.06. The molecule has 1 saturated heterocycles. The Kier molecular flexibility index (Phi) is 3.63. The highest BCUT2D eigenvalue weighted by Crippen LogP contribution is 2.41. The Bertz CT molecular complexity index is 466. The van der Waals surface area contributed by atoms with E-state index >= 15 is 0 Å². The van der Waals surface area contributed by atoms with Gasteiger partial charge < -0.3 is 10.6 Å². The molecule has 0 unspecified atom stereocenters. The van der Waals surface area contributed by atoms with Gasteiger partial charge in [-0.1, -0.05) is 13.3 Å². The van der Waals surface area contributed by atoms with Gasteiger partial charge in [0, 0.05) is 29.4 Å². The lowest BCUT2D eigenvalue weighted by Crippen LogP contribution is -2.32. The van der Waals surface area contributed by atoms with Crippen LogP contribution in [0.15, 0.2) is 11.4 Å². The number of thiophene rings is 1. The maximum Gasteiger partial charge on any atom is 0.254 e. The van der Waals surface area contributed by atoms with Gasteiger partial charge in [0.15, 0.2) is 0 Å². The highest BCUT2D eigenvalue weighted by molar-refractivity contribution is 7.10. The number of nitrogens with zero attached hydrogens (tertiary/aromatic N) is 1. The van der Waals surface area contributed by atoms with Crippen molar-refractivity contribution in [3.63, 3.8) is 0 Å². The molecule has 1 aliphatic heterocycles. The minimum Gasteiger partial charge on any atom is -0.337 e. The van der Waals surface area contributed by atoms with E-state index in [1.54, 1.807) is 11.3 Å². The summed E-state index contributed by atoms with van der Waals surface area (Å²) in [4.78, 5) is 15.8. The molecule has 0 aromatic carbocycles. The molecule has 3 rings (SSSR count). The predicted octanol–water partition coefficient (Wildman–Crippen LogP) is 2.51. The second-order valence-corrected chi connectivity index (χ2v) is 6.92. The maximum absolute atomic E-state index is 12.5. The standard InChI is InChI=1S/C15H22N2OS/c1-2-3-12-6-11(9-19-12)15(18)17-7-13(10-4-5-10)14(16)8-17/h6,9-10,13-14H,2-5,7-8,16H2,1H3/t13-,14+/m1/s1. The van der Waals surface area contributed by atoms with Crippen molar-refractivity contribution < 1.29 is 4.79 Å². The summed E-state index contributed by atoms with van der Waals surface area (Å²) >= 11 is 1.70. The van der Waals surface area contributed by atoms with Gasteiger partial charge in [0.25, 0.3) is 5.91 Å². The second-order valence-electron chi connectivity index (χ2n) is 5.93. The van der Waals surface area contributed by atoms with E-state index in [4.69, 9.17) is 5.73 Å². The fourth-order valence-electron chi connectivity index (χ4n) is 3.10. The van der Waals surface area contributed by atoms with Crippen molar-refractivity contribution in [2.75, 3.05) is 13.1 Å². The average molecular weight is 278 g/mol. The molecule has 0 bridgehead atoms. The van der Waals surface area contributed by atoms with Crippen LogP contribution in [-0.2, 0) is 6.42 Å². The summed E-state index contributed by atoms with van der Waals surface area (Å²) in [6.07, 6.45) is 4.81. The van der Waals surface area contributed by atoms with E-state index in [1.807, 2.05) is 10.3 Å². The molecule has 4 heteroatoms. The van der Waals surface area contributed by atoms with Crippen molar-refractivity contribution >= 4 is 17.2 Å². The summed E-state index contributed by atoms with van der Waals surface area (Å²) in [5, 5.41) is 2.00. The van der Waals surface area contributed by atoms with E-state index in [-0.39, 0.29) is 11.9 Å². The molecule has 19 heavy (non-hydrogen) atoms. The van der Waals surface area contributed by atoms with Crippen LogP contribution in [0.4, 0.5) is 0 Å². The Balaban J connectivity index is 1.66. The van der Waals surface area contributed by atoms with Crippen molar-refractivity contribution in [2.45, 2.75) is 38.6 Å². The molecule has 1 saturated carbocycles. The second kappa shape index (κ2) is 5.25. The summed E-state index contributed by atoms with van der Waals surface area (Å²) in [5.41, 5.74) is 7.05. The van der Waals surface area contributed by atoms with Crippen LogP contribution in [0.2, 0.25) is 0 Å². The normalized spacial score (nSPS) is 26.9. The van der Waals surface area contributed by atoms with Gasteiger partial charge >= 0.3 is 0 Å². The largest absolute Gasteiger partial charge is 0.337 e. The Morgan fingerprint density at radius 1 is 1.47 bits per heavy atom. The summed E-state index contributed by atoms with van der Waals surface area (Å²) in [6, 6.07) is 2.25. The van der Waals surface area contributed by atoms with Crippen LogP contribution >= 0.6 is 11.3 Å². The number of likely N-dealkylation sites (tertiary alicyclic amines) is 1. The molecule has 1 amide bonds. The summed E-state index contributed by atoms with van der Waals surface area (Å²) in [6.45, 7) is 3.77. The monoisotopic (exact) mass is 278 g/mol. The van der Waals surface area contributed by atoms with E-state index < -0.39 is 0 Å². The van der Waals surface area contributed by atoms with Crippen LogP contribution in [0.25, 0.3) is 0 Å². The molecule has 2 heterocycles. The third-order valence-electron chi connectivity index (χ3n) is 4.32. The Morgan fingerprint density at radius 2 is 2.26 bits per heavy atom. The van der Waals surface area contributed by atoms with E-state index in [0.717, 1.165) is 37.4 Å². The zero-order chi connectivity index (χ0) is 13.4. The van der Waals surface area contributed by atoms with Gasteiger partial charge in [0.1, 0.15) is 0 Å². The number of aryl methyl sites for hydroxylation is 1. The van der Waals surface area contributed by atoms with Crippen molar-refractivity contribution in [1.82, 2.24) is 4.90 Å². The van der Waals surface area contributed by atoms with Gasteiger partial charge in [-0.05, 0) is 37.2 Å². The van der Waals surface area contributed by atoms with Crippen molar-refractivity contribution in [3.05, 3.63) is 21.9 Å². The van der Waals surface area contributed by atoms with E-state index in [2.05, 4.69) is 13.0 Å². The lowest BCUT2D eigenvalue weighted by Gasteiger charge is -2.15. The molecule has 104 valence electrons. The van der Waals surface area contributed by atoms with Crippen LogP contribution in [0, 0.1) is 11.8 Å². The van der Waals surface area contributed by atoms with Crippen molar-refractivity contribution in [1.29, 1.82) is 0 Å². The van der Waals surface area contributed by atoms with Gasteiger partial charge in [-0.2, -0.15) is 0 Å². The molecule has 2 aliphatic rings. The third kappa shape index (κ3) is 2.70. The fraction of sp³-hybridized carbons (Fsp3) is 0.667. The van der Waals surface area contributed by atoms with Crippen LogP contribution in [0.1, 0.15) is 41.4 Å². The van der Waals surface area contributed by atoms with E-state index in [9.17, 15) is 4.79 Å². The van der Waals surface area contributed by atoms with Crippen LogP contribution in [-0.4, -0.2) is 29.9 Å². The number of nitrogens with two attached hydrogens (primary N) is 1. The number of hydrogen-bond donors (Lipinski definition) is 1. The number of hydrogen-bond acceptors (Lipinski definition) is 3. The molecule has 2 fully saturated rings. The van der Waals surface area contributed by atoms with Crippen LogP contribution in [0.5, 0.6) is 0 Å². The molecule has 1 aliphatic carbocycles. The highest BCUT2D eigenvalue weighted by atomic mass is 32.1. The molecule has 1 aromatic rings. The zero-order valence-corrected chi connectivity index (χ0v) is 12.3. The maximum atomic E-state index is 12.5. The number of carbonyl (C=O) groups excluding carboxylic acids is 1. The lowest BCUT2D eigenvalue weighted by molar-refractivity contribution is 0.0785. The Labute approximate surface area is 118 Å². The SMILES string of the molecule is CCCc1cc(C(=O)N2C[C@H](C3CC3)[C@@H](N)C2)cs1. The number of carbonyl (C=O) groups is 1. The Hall–Kier alpha value is -0.870. The topological polar surface area (TPSA) is 46.3 Å². The zero-order valence-electron chi connectivity index (χ0n) is 11.5. The lowest BCUT2D eigenvalue weighted by atomic mass is 9.99. The minimum atomic E-state index is 0.178. The predicted molar refractivity (Wildman–Crippen MR) is 78.4 cm³/mol. The van der Waals surface area contributed by atoms with Gasteiger partial charge in [-0.25, -0.2) is 0 Å². The first-order valence-electron chi connectivity index (χ1n) is 7.31. The molecule has 1 aromatic heterocycles. The van der Waals surface area contributed by atoms with Gasteiger partial charge in [-0.3, -0.25) is 4.79 Å². The van der Waals surface area contributed by atoms with Gasteiger partial charge in [0.2, 0.25) is 0 Å². The number of rotatable bonds is 4. The molecule has 3 nitrogen and oxygen atoms in total. The first-order valence-corrected chi connectivity index (χ1v) is 8.19. The summed E-state index contributed by atoms with van der Waals surface area (Å²) in [5.74, 6) is 1.50. The summed E-state index contributed by atoms with van der Waals surface area (Å²) < 4.78 is 0. The van der Waals surface area contributed by atoms with Gasteiger partial charge in [-0.15, -0.1) is 11.3 Å². The average Bonchev–Trinajstić information content (AvgIpc) is 3.00. The van der Waals surface area contributed by atoms with E-state index in [0.29, 0.717) is 5.92 Å². The smallest absolute Gasteiger partial charge is 0.254 e. The van der Waals surface area contributed by atoms with Crippen LogP contribution < -0.4 is 5.73 Å². The van der Waals surface area contributed by atoms with Crippen molar-refractivity contribution in [3.8, 4) is 0 Å². The first-order chi connectivity index (χ1) is 9.19. The van der Waals surface area contributed by atoms with Crippen LogP contribution in [0.3, 0.4) is 0 Å².